The summed E-state index contributed by atoms with van der Waals surface area (Å²) in [5, 5.41) is 3.75. The molecule has 0 aliphatic carbocycles. The average Bonchev–Trinajstić information content (AvgIpc) is 2.75. The molecular formula is C10H13Cl2N3O2. The molecule has 1 amide bonds. The van der Waals surface area contributed by atoms with Crippen LogP contribution in [0.25, 0.3) is 0 Å². The highest BCUT2D eigenvalue weighted by atomic mass is 35.5. The number of aryl methyl sites for hydroxylation is 1. The molecule has 0 fully saturated rings. The minimum Gasteiger partial charge on any atom is -0.339 e. The van der Waals surface area contributed by atoms with Crippen LogP contribution in [0.15, 0.2) is 17.2 Å². The Hall–Kier alpha value is -1.07. The lowest BCUT2D eigenvalue weighted by atomic mass is 10.4. The van der Waals surface area contributed by atoms with E-state index in [0.717, 1.165) is 0 Å². The van der Waals surface area contributed by atoms with Gasteiger partial charge in [-0.1, -0.05) is 41.4 Å². The Balaban J connectivity index is 2.72. The molecule has 5 nitrogen and oxygen atoms in total. The van der Waals surface area contributed by atoms with Crippen molar-refractivity contribution in [2.45, 2.75) is 24.7 Å². The molecule has 0 bridgehead atoms. The molecule has 0 saturated heterocycles. The van der Waals surface area contributed by atoms with E-state index in [4.69, 9.17) is 27.7 Å². The Morgan fingerprint density at radius 1 is 1.65 bits per heavy atom. The van der Waals surface area contributed by atoms with Crippen molar-refractivity contribution in [2.24, 2.45) is 0 Å². The van der Waals surface area contributed by atoms with Gasteiger partial charge in [-0.05, 0) is 0 Å². The fourth-order valence-corrected chi connectivity index (χ4v) is 1.47. The standard InChI is InChI=1S/C10H13Cl2N3O2/c1-3-5-15(10(16)9(11)12)6-7-13-8(4-2)17-14-7/h3,9H,1,4-6H2,2H3. The number of amides is 1. The molecule has 0 radical (unpaired) electrons. The summed E-state index contributed by atoms with van der Waals surface area (Å²) in [7, 11) is 0. The molecule has 1 aromatic heterocycles. The molecule has 17 heavy (non-hydrogen) atoms. The molecule has 0 aromatic carbocycles. The molecule has 7 heteroatoms. The van der Waals surface area contributed by atoms with Crippen molar-refractivity contribution in [3.8, 4) is 0 Å². The summed E-state index contributed by atoms with van der Waals surface area (Å²) >= 11 is 11.1. The number of nitrogens with zero attached hydrogens (tertiary/aromatic N) is 3. The minimum absolute atomic E-state index is 0.199. The van der Waals surface area contributed by atoms with E-state index in [0.29, 0.717) is 24.7 Å². The molecule has 1 rings (SSSR count). The molecule has 0 N–H and O–H groups in total. The lowest BCUT2D eigenvalue weighted by Gasteiger charge is -2.19. The van der Waals surface area contributed by atoms with Crippen LogP contribution in [-0.4, -0.2) is 32.3 Å². The van der Waals surface area contributed by atoms with E-state index in [1.165, 1.54) is 4.90 Å². The predicted molar refractivity (Wildman–Crippen MR) is 64.8 cm³/mol. The van der Waals surface area contributed by atoms with Gasteiger partial charge in [-0.3, -0.25) is 4.79 Å². The van der Waals surface area contributed by atoms with E-state index in [-0.39, 0.29) is 6.54 Å². The minimum atomic E-state index is -1.10. The second-order valence-corrected chi connectivity index (χ2v) is 4.36. The van der Waals surface area contributed by atoms with Crippen molar-refractivity contribution in [2.75, 3.05) is 6.54 Å². The molecule has 0 saturated carbocycles. The maximum Gasteiger partial charge on any atom is 0.256 e. The highest BCUT2D eigenvalue weighted by Gasteiger charge is 2.21. The lowest BCUT2D eigenvalue weighted by Crippen LogP contribution is -2.34. The largest absolute Gasteiger partial charge is 0.339 e. The second kappa shape index (κ2) is 6.61. The van der Waals surface area contributed by atoms with Crippen LogP contribution in [0, 0.1) is 0 Å². The SMILES string of the molecule is C=CCN(Cc1noc(CC)n1)C(=O)C(Cl)Cl. The third-order valence-corrected chi connectivity index (χ3v) is 2.37. The van der Waals surface area contributed by atoms with Crippen molar-refractivity contribution < 1.29 is 9.32 Å². The fourth-order valence-electron chi connectivity index (χ4n) is 1.19. The summed E-state index contributed by atoms with van der Waals surface area (Å²) in [5.74, 6) is 0.543. The number of hydrogen-bond donors (Lipinski definition) is 0. The third-order valence-electron chi connectivity index (χ3n) is 1.99. The zero-order valence-electron chi connectivity index (χ0n) is 9.40. The van der Waals surface area contributed by atoms with Crippen molar-refractivity contribution >= 4 is 29.1 Å². The normalized spacial score (nSPS) is 10.6. The van der Waals surface area contributed by atoms with E-state index < -0.39 is 10.7 Å². The zero-order chi connectivity index (χ0) is 12.8. The molecule has 1 heterocycles. The average molecular weight is 278 g/mol. The number of hydrogen-bond acceptors (Lipinski definition) is 4. The molecule has 0 aliphatic rings. The summed E-state index contributed by atoms with van der Waals surface area (Å²) in [4.78, 5) is 16.0. The maximum atomic E-state index is 11.6. The molecule has 0 spiro atoms. The number of rotatable bonds is 6. The molecule has 1 aromatic rings. The Kier molecular flexibility index (Phi) is 5.44. The monoisotopic (exact) mass is 277 g/mol. The zero-order valence-corrected chi connectivity index (χ0v) is 10.9. The van der Waals surface area contributed by atoms with Crippen molar-refractivity contribution in [3.05, 3.63) is 24.4 Å². The van der Waals surface area contributed by atoms with Crippen LogP contribution in [0.5, 0.6) is 0 Å². The predicted octanol–water partition coefficient (Wildman–Crippen LogP) is 1.95. The first kappa shape index (κ1) is 14.0. The summed E-state index contributed by atoms with van der Waals surface area (Å²) in [6.07, 6.45) is 2.23. The first-order chi connectivity index (χ1) is 8.08. The van der Waals surface area contributed by atoms with E-state index in [2.05, 4.69) is 16.7 Å². The van der Waals surface area contributed by atoms with Crippen LogP contribution in [0.3, 0.4) is 0 Å². The number of carbonyl (C=O) groups is 1. The van der Waals surface area contributed by atoms with Crippen LogP contribution in [0.4, 0.5) is 0 Å². The lowest BCUT2D eigenvalue weighted by molar-refractivity contribution is -0.129. The molecule has 0 atom stereocenters. The van der Waals surface area contributed by atoms with E-state index in [9.17, 15) is 4.79 Å². The van der Waals surface area contributed by atoms with Crippen molar-refractivity contribution in [3.63, 3.8) is 0 Å². The Morgan fingerprint density at radius 3 is 2.82 bits per heavy atom. The van der Waals surface area contributed by atoms with Crippen LogP contribution >= 0.6 is 23.2 Å². The third kappa shape index (κ3) is 4.02. The van der Waals surface area contributed by atoms with Gasteiger partial charge in [0.25, 0.3) is 5.91 Å². The van der Waals surface area contributed by atoms with Crippen LogP contribution < -0.4 is 0 Å². The Labute approximate surface area is 109 Å². The van der Waals surface area contributed by atoms with Crippen LogP contribution in [0.2, 0.25) is 0 Å². The quantitative estimate of drug-likeness (QED) is 0.589. The van der Waals surface area contributed by atoms with Crippen molar-refractivity contribution in [1.82, 2.24) is 15.0 Å². The van der Waals surface area contributed by atoms with Crippen LogP contribution in [0.1, 0.15) is 18.6 Å². The van der Waals surface area contributed by atoms with Gasteiger partial charge >= 0.3 is 0 Å². The van der Waals surface area contributed by atoms with Gasteiger partial charge in [0, 0.05) is 13.0 Å². The number of carbonyl (C=O) groups excluding carboxylic acids is 1. The Morgan fingerprint density at radius 2 is 2.35 bits per heavy atom. The first-order valence-corrected chi connectivity index (χ1v) is 5.95. The van der Waals surface area contributed by atoms with Gasteiger partial charge in [0.05, 0.1) is 6.54 Å². The summed E-state index contributed by atoms with van der Waals surface area (Å²) in [5.41, 5.74) is 0. The van der Waals surface area contributed by atoms with Gasteiger partial charge in [0.1, 0.15) is 0 Å². The molecule has 94 valence electrons. The van der Waals surface area contributed by atoms with Gasteiger partial charge in [0.15, 0.2) is 10.7 Å². The highest BCUT2D eigenvalue weighted by Crippen LogP contribution is 2.10. The number of halogens is 2. The Bertz CT molecular complexity index is 393. The van der Waals surface area contributed by atoms with Gasteiger partial charge in [0.2, 0.25) is 5.89 Å². The summed E-state index contributed by atoms with van der Waals surface area (Å²) in [6.45, 7) is 5.98. The first-order valence-electron chi connectivity index (χ1n) is 5.07. The smallest absolute Gasteiger partial charge is 0.256 e. The van der Waals surface area contributed by atoms with E-state index in [1.807, 2.05) is 6.92 Å². The van der Waals surface area contributed by atoms with E-state index >= 15 is 0 Å². The van der Waals surface area contributed by atoms with E-state index in [1.54, 1.807) is 6.08 Å². The molecule has 0 unspecified atom stereocenters. The maximum absolute atomic E-state index is 11.6. The highest BCUT2D eigenvalue weighted by molar-refractivity contribution is 6.53. The summed E-state index contributed by atoms with van der Waals surface area (Å²) in [6, 6.07) is 0. The van der Waals surface area contributed by atoms with Gasteiger partial charge < -0.3 is 9.42 Å². The fraction of sp³-hybridized carbons (Fsp3) is 0.500. The van der Waals surface area contributed by atoms with Crippen molar-refractivity contribution in [1.29, 1.82) is 0 Å². The second-order valence-electron chi connectivity index (χ2n) is 3.27. The molecular weight excluding hydrogens is 265 g/mol. The number of alkyl halides is 2. The van der Waals surface area contributed by atoms with Gasteiger partial charge in [-0.2, -0.15) is 4.98 Å². The number of aromatic nitrogens is 2. The van der Waals surface area contributed by atoms with Crippen LogP contribution in [-0.2, 0) is 17.8 Å². The summed E-state index contributed by atoms with van der Waals surface area (Å²) < 4.78 is 4.94. The topological polar surface area (TPSA) is 59.2 Å². The van der Waals surface area contributed by atoms with Gasteiger partial charge in [-0.15, -0.1) is 6.58 Å². The van der Waals surface area contributed by atoms with Gasteiger partial charge in [-0.25, -0.2) is 0 Å². The molecule has 0 aliphatic heterocycles.